The number of nitrogens with one attached hydrogen (secondary N) is 1. The van der Waals surface area contributed by atoms with Gasteiger partial charge in [-0.1, -0.05) is 30.3 Å². The van der Waals surface area contributed by atoms with Gasteiger partial charge < -0.3 is 10.1 Å². The number of azo groups is 1. The lowest BCUT2D eigenvalue weighted by molar-refractivity contribution is -0.117. The fourth-order valence-electron chi connectivity index (χ4n) is 2.27. The topological polar surface area (TPSA) is 77.8 Å². The second-order valence-corrected chi connectivity index (χ2v) is 5.87. The number of benzene rings is 2. The van der Waals surface area contributed by atoms with Crippen molar-refractivity contribution in [1.29, 1.82) is 0 Å². The fraction of sp³-hybridized carbons (Fsp3) is 0.118. The van der Waals surface area contributed by atoms with Gasteiger partial charge in [-0.05, 0) is 30.0 Å². The number of aromatic amines is 1. The summed E-state index contributed by atoms with van der Waals surface area (Å²) in [5.41, 5.74) is 1.92. The third kappa shape index (κ3) is 3.43. The first kappa shape index (κ1) is 15.3. The summed E-state index contributed by atoms with van der Waals surface area (Å²) >= 11 is 1.65. The van der Waals surface area contributed by atoms with Crippen LogP contribution in [-0.4, -0.2) is 22.3 Å². The fourth-order valence-corrected chi connectivity index (χ4v) is 2.68. The molecule has 1 amide bonds. The molecule has 116 valence electrons. The molecule has 0 fully saturated rings. The van der Waals surface area contributed by atoms with Crippen molar-refractivity contribution in [3.63, 3.8) is 0 Å². The smallest absolute Gasteiger partial charge is 0.269 e. The Bertz CT molecular complexity index is 869. The maximum absolute atomic E-state index is 12.0. The molecule has 1 heterocycles. The average molecular weight is 325 g/mol. The van der Waals surface area contributed by atoms with E-state index in [-0.39, 0.29) is 23.9 Å². The summed E-state index contributed by atoms with van der Waals surface area (Å²) in [6.07, 6.45) is 2.18. The molecule has 2 N–H and O–H groups in total. The van der Waals surface area contributed by atoms with Crippen molar-refractivity contribution in [2.24, 2.45) is 10.2 Å². The van der Waals surface area contributed by atoms with E-state index < -0.39 is 0 Å². The average Bonchev–Trinajstić information content (AvgIpc) is 2.89. The van der Waals surface area contributed by atoms with Crippen molar-refractivity contribution in [1.82, 2.24) is 4.98 Å². The van der Waals surface area contributed by atoms with Crippen LogP contribution in [0.4, 0.5) is 5.69 Å². The Morgan fingerprint density at radius 2 is 1.91 bits per heavy atom. The van der Waals surface area contributed by atoms with Gasteiger partial charge in [-0.15, -0.1) is 22.0 Å². The van der Waals surface area contributed by atoms with Crippen LogP contribution in [0.2, 0.25) is 0 Å². The van der Waals surface area contributed by atoms with Crippen molar-refractivity contribution >= 4 is 34.3 Å². The van der Waals surface area contributed by atoms with E-state index in [1.54, 1.807) is 11.8 Å². The predicted molar refractivity (Wildman–Crippen MR) is 91.4 cm³/mol. The molecule has 0 radical (unpaired) electrons. The van der Waals surface area contributed by atoms with Crippen LogP contribution >= 0.6 is 11.8 Å². The zero-order valence-electron chi connectivity index (χ0n) is 12.5. The number of amides is 1. The summed E-state index contributed by atoms with van der Waals surface area (Å²) < 4.78 is 0. The Balaban J connectivity index is 1.75. The van der Waals surface area contributed by atoms with Gasteiger partial charge in [0.25, 0.3) is 5.91 Å². The number of H-pyrrole nitrogens is 1. The number of para-hydroxylation sites is 1. The lowest BCUT2D eigenvalue weighted by Gasteiger charge is -1.99. The molecule has 3 aromatic rings. The Kier molecular flexibility index (Phi) is 4.43. The molecule has 0 aliphatic heterocycles. The number of hydrogen-bond acceptors (Lipinski definition) is 4. The highest BCUT2D eigenvalue weighted by Gasteiger charge is 2.10. The van der Waals surface area contributed by atoms with Crippen molar-refractivity contribution < 1.29 is 9.90 Å². The van der Waals surface area contributed by atoms with Crippen LogP contribution in [0.5, 0.6) is 5.88 Å². The molecule has 0 saturated carbocycles. The molecule has 0 atom stereocenters. The maximum Gasteiger partial charge on any atom is 0.269 e. The molecule has 0 spiro atoms. The van der Waals surface area contributed by atoms with E-state index in [1.165, 1.54) is 0 Å². The second-order valence-electron chi connectivity index (χ2n) is 4.99. The number of carbonyl (C=O) groups is 1. The highest BCUT2D eigenvalue weighted by atomic mass is 32.2. The van der Waals surface area contributed by atoms with Crippen LogP contribution < -0.4 is 0 Å². The molecule has 1 aromatic heterocycles. The molecule has 23 heavy (non-hydrogen) atoms. The molecule has 0 unspecified atom stereocenters. The van der Waals surface area contributed by atoms with Crippen LogP contribution in [0.15, 0.2) is 63.7 Å². The molecule has 5 nitrogen and oxygen atoms in total. The zero-order valence-corrected chi connectivity index (χ0v) is 13.3. The maximum atomic E-state index is 12.0. The Morgan fingerprint density at radius 3 is 2.65 bits per heavy atom. The molecule has 6 heteroatoms. The molecule has 0 aliphatic rings. The van der Waals surface area contributed by atoms with Gasteiger partial charge in [0.2, 0.25) is 5.88 Å². The van der Waals surface area contributed by atoms with Gasteiger partial charge in [0, 0.05) is 10.3 Å². The number of nitrogens with zero attached hydrogens (tertiary/aromatic N) is 2. The van der Waals surface area contributed by atoms with E-state index >= 15 is 0 Å². The first-order valence-corrected chi connectivity index (χ1v) is 8.27. The van der Waals surface area contributed by atoms with E-state index in [0.717, 1.165) is 21.4 Å². The number of fused-ring (bicyclic) bond motifs is 1. The quantitative estimate of drug-likeness (QED) is 0.549. The molecule has 0 bridgehead atoms. The van der Waals surface area contributed by atoms with Crippen LogP contribution in [0, 0.1) is 0 Å². The van der Waals surface area contributed by atoms with Crippen LogP contribution in [0.1, 0.15) is 5.56 Å². The number of hydrogen-bond donors (Lipinski definition) is 2. The summed E-state index contributed by atoms with van der Waals surface area (Å²) in [6, 6.07) is 15.1. The first-order chi connectivity index (χ1) is 11.2. The number of aromatic hydroxyl groups is 1. The van der Waals surface area contributed by atoms with Gasteiger partial charge in [0.1, 0.15) is 0 Å². The molecule has 3 rings (SSSR count). The van der Waals surface area contributed by atoms with Crippen molar-refractivity contribution in [2.45, 2.75) is 11.3 Å². The first-order valence-electron chi connectivity index (χ1n) is 7.04. The zero-order chi connectivity index (χ0) is 16.2. The van der Waals surface area contributed by atoms with E-state index in [1.807, 2.05) is 54.8 Å². The summed E-state index contributed by atoms with van der Waals surface area (Å²) in [5, 5.41) is 18.2. The third-order valence-electron chi connectivity index (χ3n) is 3.44. The summed E-state index contributed by atoms with van der Waals surface area (Å²) in [5.74, 6) is -0.446. The lowest BCUT2D eigenvalue weighted by Crippen LogP contribution is -1.97. The minimum Gasteiger partial charge on any atom is -0.493 e. The largest absolute Gasteiger partial charge is 0.493 e. The Hall–Kier alpha value is -2.60. The molecule has 0 aliphatic carbocycles. The van der Waals surface area contributed by atoms with Crippen molar-refractivity contribution in [2.75, 3.05) is 6.26 Å². The summed E-state index contributed by atoms with van der Waals surface area (Å²) in [7, 11) is 0. The van der Waals surface area contributed by atoms with Gasteiger partial charge in [0.05, 0.1) is 11.9 Å². The van der Waals surface area contributed by atoms with E-state index in [4.69, 9.17) is 0 Å². The van der Waals surface area contributed by atoms with Gasteiger partial charge in [-0.3, -0.25) is 4.79 Å². The minimum atomic E-state index is -0.355. The Morgan fingerprint density at radius 1 is 1.17 bits per heavy atom. The van der Waals surface area contributed by atoms with Crippen molar-refractivity contribution in [3.05, 3.63) is 54.1 Å². The van der Waals surface area contributed by atoms with Gasteiger partial charge >= 0.3 is 0 Å². The molecular weight excluding hydrogens is 310 g/mol. The standard InChI is InChI=1S/C17H15N3O2S/c1-23-12-8-6-11(7-9-12)10-15(21)19-20-16-13-4-2-3-5-14(13)18-17(16)22/h2-9,18,22H,10H2,1H3. The highest BCUT2D eigenvalue weighted by molar-refractivity contribution is 7.98. The van der Waals surface area contributed by atoms with Crippen LogP contribution in [0.25, 0.3) is 10.9 Å². The predicted octanol–water partition coefficient (Wildman–Crippen LogP) is 4.45. The Labute approximate surface area is 137 Å². The summed E-state index contributed by atoms with van der Waals surface area (Å²) in [4.78, 5) is 15.9. The molecule has 2 aromatic carbocycles. The highest BCUT2D eigenvalue weighted by Crippen LogP contribution is 2.35. The van der Waals surface area contributed by atoms with Crippen LogP contribution in [-0.2, 0) is 11.2 Å². The lowest BCUT2D eigenvalue weighted by atomic mass is 10.1. The van der Waals surface area contributed by atoms with Gasteiger partial charge in [0.15, 0.2) is 5.69 Å². The summed E-state index contributed by atoms with van der Waals surface area (Å²) in [6.45, 7) is 0. The monoisotopic (exact) mass is 325 g/mol. The SMILES string of the molecule is CSc1ccc(CC(=O)N=Nc2c(O)[nH]c3ccccc23)cc1. The second kappa shape index (κ2) is 6.66. The minimum absolute atomic E-state index is 0.0907. The van der Waals surface area contributed by atoms with E-state index in [0.29, 0.717) is 0 Å². The van der Waals surface area contributed by atoms with E-state index in [9.17, 15) is 9.90 Å². The number of thioether (sulfide) groups is 1. The van der Waals surface area contributed by atoms with Crippen LogP contribution in [0.3, 0.4) is 0 Å². The normalized spacial score (nSPS) is 11.3. The number of rotatable bonds is 4. The van der Waals surface area contributed by atoms with Crippen molar-refractivity contribution in [3.8, 4) is 5.88 Å². The molecule has 0 saturated heterocycles. The van der Waals surface area contributed by atoms with Gasteiger partial charge in [-0.25, -0.2) is 0 Å². The van der Waals surface area contributed by atoms with Gasteiger partial charge in [-0.2, -0.15) is 0 Å². The number of aromatic nitrogens is 1. The third-order valence-corrected chi connectivity index (χ3v) is 4.18. The number of carbonyl (C=O) groups excluding carboxylic acids is 1. The molecular formula is C17H15N3O2S. The van der Waals surface area contributed by atoms with E-state index in [2.05, 4.69) is 15.2 Å².